The molecule has 7 heteroatoms. The van der Waals surface area contributed by atoms with Crippen molar-refractivity contribution in [2.75, 3.05) is 19.0 Å². The first-order chi connectivity index (χ1) is 15.7. The molecule has 6 nitrogen and oxygen atoms in total. The van der Waals surface area contributed by atoms with Gasteiger partial charge in [-0.05, 0) is 36.4 Å². The van der Waals surface area contributed by atoms with E-state index < -0.39 is 0 Å². The number of benzene rings is 3. The van der Waals surface area contributed by atoms with Crippen molar-refractivity contribution in [3.63, 3.8) is 0 Å². The van der Waals surface area contributed by atoms with Crippen molar-refractivity contribution in [3.8, 4) is 27.8 Å². The number of ether oxygens (including phenoxy) is 3. The van der Waals surface area contributed by atoms with E-state index in [1.54, 1.807) is 36.6 Å². The fourth-order valence-electron chi connectivity index (χ4n) is 2.96. The van der Waals surface area contributed by atoms with E-state index in [1.165, 1.54) is 0 Å². The fourth-order valence-corrected chi connectivity index (χ4v) is 3.76. The van der Waals surface area contributed by atoms with E-state index in [2.05, 4.69) is 10.3 Å². The Morgan fingerprint density at radius 2 is 1.72 bits per heavy atom. The molecule has 0 spiro atoms. The summed E-state index contributed by atoms with van der Waals surface area (Å²) in [6, 6.07) is 24.3. The minimum absolute atomic E-state index is 0.0890. The number of rotatable bonds is 9. The predicted octanol–water partition coefficient (Wildman–Crippen LogP) is 5.42. The predicted molar refractivity (Wildman–Crippen MR) is 125 cm³/mol. The Hall–Kier alpha value is -3.84. The number of thiazole rings is 1. The van der Waals surface area contributed by atoms with Gasteiger partial charge in [0.1, 0.15) is 28.9 Å². The summed E-state index contributed by atoms with van der Waals surface area (Å²) in [5, 5.41) is 5.69. The van der Waals surface area contributed by atoms with Gasteiger partial charge in [0.15, 0.2) is 6.61 Å². The van der Waals surface area contributed by atoms with Crippen molar-refractivity contribution in [2.24, 2.45) is 0 Å². The zero-order chi connectivity index (χ0) is 22.2. The Morgan fingerprint density at radius 3 is 2.56 bits per heavy atom. The standard InChI is InChI=1S/C25H22N2O4S/c1-29-21-11-7-8-18(14-21)25-26-19(17-32-25)15-31-23-13-6-5-12-22(23)27-24(28)16-30-20-9-3-2-4-10-20/h2-14,17H,15-16H2,1H3,(H,27,28). The second-order valence-electron chi connectivity index (χ2n) is 6.81. The fraction of sp³-hybridized carbons (Fsp3) is 0.120. The summed E-state index contributed by atoms with van der Waals surface area (Å²) in [5.41, 5.74) is 2.38. The monoisotopic (exact) mass is 446 g/mol. The maximum Gasteiger partial charge on any atom is 0.262 e. The van der Waals surface area contributed by atoms with E-state index in [1.807, 2.05) is 66.0 Å². The van der Waals surface area contributed by atoms with Gasteiger partial charge in [0.25, 0.3) is 5.91 Å². The second-order valence-corrected chi connectivity index (χ2v) is 7.67. The highest BCUT2D eigenvalue weighted by molar-refractivity contribution is 7.13. The Labute approximate surface area is 190 Å². The molecule has 32 heavy (non-hydrogen) atoms. The molecular weight excluding hydrogens is 424 g/mol. The van der Waals surface area contributed by atoms with Gasteiger partial charge in [0.2, 0.25) is 0 Å². The molecule has 3 aromatic carbocycles. The number of aromatic nitrogens is 1. The summed E-state index contributed by atoms with van der Waals surface area (Å²) in [5.74, 6) is 1.73. The first-order valence-corrected chi connectivity index (χ1v) is 10.9. The molecule has 1 aromatic heterocycles. The van der Waals surface area contributed by atoms with Crippen LogP contribution in [0.5, 0.6) is 17.2 Å². The molecule has 0 aliphatic carbocycles. The summed E-state index contributed by atoms with van der Waals surface area (Å²) >= 11 is 1.54. The maximum atomic E-state index is 12.3. The zero-order valence-corrected chi connectivity index (χ0v) is 18.3. The van der Waals surface area contributed by atoms with Crippen molar-refractivity contribution in [1.82, 2.24) is 4.98 Å². The average Bonchev–Trinajstić information content (AvgIpc) is 3.32. The van der Waals surface area contributed by atoms with Crippen LogP contribution in [0.2, 0.25) is 0 Å². The molecular formula is C25H22N2O4S. The molecule has 0 saturated heterocycles. The summed E-state index contributed by atoms with van der Waals surface area (Å²) in [6.07, 6.45) is 0. The van der Waals surface area contributed by atoms with Crippen LogP contribution in [0.15, 0.2) is 84.2 Å². The highest BCUT2D eigenvalue weighted by Gasteiger charge is 2.11. The van der Waals surface area contributed by atoms with Crippen molar-refractivity contribution in [2.45, 2.75) is 6.61 Å². The lowest BCUT2D eigenvalue weighted by Crippen LogP contribution is -2.20. The Bertz CT molecular complexity index is 1180. The number of para-hydroxylation sites is 3. The number of amides is 1. The second kappa shape index (κ2) is 10.5. The van der Waals surface area contributed by atoms with Crippen LogP contribution in [0, 0.1) is 0 Å². The molecule has 4 rings (SSSR count). The number of hydrogen-bond acceptors (Lipinski definition) is 6. The number of carbonyl (C=O) groups is 1. The van der Waals surface area contributed by atoms with Gasteiger partial charge in [-0.2, -0.15) is 0 Å². The van der Waals surface area contributed by atoms with Crippen LogP contribution in [0.4, 0.5) is 5.69 Å². The third kappa shape index (κ3) is 5.65. The Kier molecular flexibility index (Phi) is 6.99. The zero-order valence-electron chi connectivity index (χ0n) is 17.5. The number of anilines is 1. The molecule has 1 heterocycles. The Balaban J connectivity index is 1.36. The third-order valence-electron chi connectivity index (χ3n) is 4.52. The summed E-state index contributed by atoms with van der Waals surface area (Å²) in [7, 11) is 1.64. The molecule has 0 aliphatic rings. The van der Waals surface area contributed by atoms with Crippen LogP contribution in [0.3, 0.4) is 0 Å². The number of nitrogens with one attached hydrogen (secondary N) is 1. The van der Waals surface area contributed by atoms with Gasteiger partial charge >= 0.3 is 0 Å². The molecule has 162 valence electrons. The normalized spacial score (nSPS) is 10.4. The van der Waals surface area contributed by atoms with E-state index in [0.717, 1.165) is 22.0 Å². The largest absolute Gasteiger partial charge is 0.497 e. The summed E-state index contributed by atoms with van der Waals surface area (Å²) in [4.78, 5) is 17.0. The first kappa shape index (κ1) is 21.4. The van der Waals surface area contributed by atoms with Crippen LogP contribution in [0.1, 0.15) is 5.69 Å². The van der Waals surface area contributed by atoms with Gasteiger partial charge in [0, 0.05) is 10.9 Å². The minimum atomic E-state index is -0.265. The van der Waals surface area contributed by atoms with Gasteiger partial charge in [0.05, 0.1) is 18.5 Å². The van der Waals surface area contributed by atoms with Gasteiger partial charge in [-0.1, -0.05) is 42.5 Å². The molecule has 0 fully saturated rings. The van der Waals surface area contributed by atoms with Gasteiger partial charge in [-0.3, -0.25) is 4.79 Å². The number of nitrogens with zero attached hydrogens (tertiary/aromatic N) is 1. The smallest absolute Gasteiger partial charge is 0.262 e. The highest BCUT2D eigenvalue weighted by Crippen LogP contribution is 2.28. The van der Waals surface area contributed by atoms with E-state index >= 15 is 0 Å². The van der Waals surface area contributed by atoms with Crippen LogP contribution in [-0.2, 0) is 11.4 Å². The van der Waals surface area contributed by atoms with E-state index in [-0.39, 0.29) is 19.1 Å². The summed E-state index contributed by atoms with van der Waals surface area (Å²) in [6.45, 7) is 0.197. The highest BCUT2D eigenvalue weighted by atomic mass is 32.1. The lowest BCUT2D eigenvalue weighted by Gasteiger charge is -2.12. The SMILES string of the molecule is COc1cccc(-c2nc(COc3ccccc3NC(=O)COc3ccccc3)cs2)c1. The number of hydrogen-bond donors (Lipinski definition) is 1. The average molecular weight is 447 g/mol. The van der Waals surface area contributed by atoms with Crippen molar-refractivity contribution >= 4 is 22.9 Å². The number of carbonyl (C=O) groups excluding carboxylic acids is 1. The van der Waals surface area contributed by atoms with Crippen molar-refractivity contribution in [3.05, 3.63) is 89.9 Å². The molecule has 0 atom stereocenters. The van der Waals surface area contributed by atoms with Crippen LogP contribution in [0.25, 0.3) is 10.6 Å². The molecule has 1 N–H and O–H groups in total. The van der Waals surface area contributed by atoms with E-state index in [9.17, 15) is 4.79 Å². The van der Waals surface area contributed by atoms with Crippen LogP contribution in [-0.4, -0.2) is 24.6 Å². The number of methoxy groups -OCH3 is 1. The van der Waals surface area contributed by atoms with Crippen molar-refractivity contribution in [1.29, 1.82) is 0 Å². The third-order valence-corrected chi connectivity index (χ3v) is 5.46. The molecule has 0 bridgehead atoms. The first-order valence-electron chi connectivity index (χ1n) is 9.99. The van der Waals surface area contributed by atoms with Gasteiger partial charge < -0.3 is 19.5 Å². The lowest BCUT2D eigenvalue weighted by atomic mass is 10.2. The minimum Gasteiger partial charge on any atom is -0.497 e. The molecule has 4 aromatic rings. The molecule has 0 saturated carbocycles. The molecule has 0 radical (unpaired) electrons. The topological polar surface area (TPSA) is 69.7 Å². The van der Waals surface area contributed by atoms with Crippen molar-refractivity contribution < 1.29 is 19.0 Å². The molecule has 1 amide bonds. The summed E-state index contributed by atoms with van der Waals surface area (Å²) < 4.78 is 16.7. The quantitative estimate of drug-likeness (QED) is 0.372. The van der Waals surface area contributed by atoms with Crippen LogP contribution < -0.4 is 19.5 Å². The van der Waals surface area contributed by atoms with Gasteiger partial charge in [-0.25, -0.2) is 4.98 Å². The lowest BCUT2D eigenvalue weighted by molar-refractivity contribution is -0.118. The molecule has 0 aliphatic heterocycles. The Morgan fingerprint density at radius 1 is 0.938 bits per heavy atom. The van der Waals surface area contributed by atoms with Crippen LogP contribution >= 0.6 is 11.3 Å². The maximum absolute atomic E-state index is 12.3. The van der Waals surface area contributed by atoms with Gasteiger partial charge in [-0.15, -0.1) is 11.3 Å². The van der Waals surface area contributed by atoms with E-state index in [4.69, 9.17) is 14.2 Å². The molecule has 0 unspecified atom stereocenters. The van der Waals surface area contributed by atoms with E-state index in [0.29, 0.717) is 17.2 Å².